The summed E-state index contributed by atoms with van der Waals surface area (Å²) in [7, 11) is 1.94. The first-order valence-electron chi connectivity index (χ1n) is 8.29. The Morgan fingerprint density at radius 1 is 1.22 bits per heavy atom. The molecule has 2 heterocycles. The van der Waals surface area contributed by atoms with Gasteiger partial charge in [0.25, 0.3) is 0 Å². The molecule has 0 fully saturated rings. The van der Waals surface area contributed by atoms with Crippen molar-refractivity contribution in [3.8, 4) is 0 Å². The third-order valence-electron chi connectivity index (χ3n) is 4.22. The first-order chi connectivity index (χ1) is 13.0. The van der Waals surface area contributed by atoms with Crippen LogP contribution in [0, 0.1) is 6.92 Å². The molecule has 1 N–H and O–H groups in total. The molecule has 2 aromatic heterocycles. The smallest absolute Gasteiger partial charge is 0.234 e. The molecular formula is C19H16ClN5OS. The van der Waals surface area contributed by atoms with Gasteiger partial charge in [0.2, 0.25) is 11.1 Å². The highest BCUT2D eigenvalue weighted by Crippen LogP contribution is 2.26. The lowest BCUT2D eigenvalue weighted by Crippen LogP contribution is -2.14. The molecule has 0 atom stereocenters. The SMILES string of the molecule is Cc1ccc(NC(=O)CSc2nnc3c4ccccc4n(C)c3n2)c(Cl)c1. The molecule has 0 bridgehead atoms. The molecule has 0 radical (unpaired) electrons. The number of nitrogens with zero attached hydrogens (tertiary/aromatic N) is 4. The van der Waals surface area contributed by atoms with Crippen LogP contribution in [-0.2, 0) is 11.8 Å². The fourth-order valence-electron chi connectivity index (χ4n) is 2.89. The number of benzene rings is 2. The van der Waals surface area contributed by atoms with Crippen LogP contribution in [0.1, 0.15) is 5.56 Å². The van der Waals surface area contributed by atoms with Crippen LogP contribution in [0.5, 0.6) is 0 Å². The molecule has 136 valence electrons. The Bertz CT molecular complexity index is 1170. The van der Waals surface area contributed by atoms with Gasteiger partial charge in [-0.2, -0.15) is 0 Å². The maximum absolute atomic E-state index is 12.2. The summed E-state index contributed by atoms with van der Waals surface area (Å²) < 4.78 is 1.98. The summed E-state index contributed by atoms with van der Waals surface area (Å²) in [4.78, 5) is 16.8. The summed E-state index contributed by atoms with van der Waals surface area (Å²) in [6.07, 6.45) is 0. The lowest BCUT2D eigenvalue weighted by Gasteiger charge is -2.07. The number of carbonyl (C=O) groups excluding carboxylic acids is 1. The number of hydrogen-bond acceptors (Lipinski definition) is 5. The van der Waals surface area contributed by atoms with Gasteiger partial charge in [-0.3, -0.25) is 4.79 Å². The zero-order valence-electron chi connectivity index (χ0n) is 14.7. The van der Waals surface area contributed by atoms with Crippen molar-refractivity contribution < 1.29 is 4.79 Å². The molecule has 0 aliphatic heterocycles. The number of thioether (sulfide) groups is 1. The fourth-order valence-corrected chi connectivity index (χ4v) is 3.76. The van der Waals surface area contributed by atoms with Crippen LogP contribution in [-0.4, -0.2) is 31.4 Å². The van der Waals surface area contributed by atoms with Crippen molar-refractivity contribution in [2.75, 3.05) is 11.1 Å². The van der Waals surface area contributed by atoms with Crippen LogP contribution in [0.3, 0.4) is 0 Å². The molecule has 27 heavy (non-hydrogen) atoms. The third-order valence-corrected chi connectivity index (χ3v) is 5.37. The lowest BCUT2D eigenvalue weighted by atomic mass is 10.2. The monoisotopic (exact) mass is 397 g/mol. The summed E-state index contributed by atoms with van der Waals surface area (Å²) in [5.74, 6) is -0.00655. The zero-order valence-corrected chi connectivity index (χ0v) is 16.3. The summed E-state index contributed by atoms with van der Waals surface area (Å²) in [5, 5.41) is 13.3. The molecule has 1 amide bonds. The highest BCUT2D eigenvalue weighted by molar-refractivity contribution is 7.99. The minimum Gasteiger partial charge on any atom is -0.327 e. The fraction of sp³-hybridized carbons (Fsp3) is 0.158. The number of para-hydroxylation sites is 1. The summed E-state index contributed by atoms with van der Waals surface area (Å²) >= 11 is 7.39. The molecule has 2 aromatic carbocycles. The Balaban J connectivity index is 1.51. The lowest BCUT2D eigenvalue weighted by molar-refractivity contribution is -0.113. The minimum atomic E-state index is -0.175. The average Bonchev–Trinajstić information content (AvgIpc) is 2.95. The van der Waals surface area contributed by atoms with E-state index in [0.717, 1.165) is 27.6 Å². The summed E-state index contributed by atoms with van der Waals surface area (Å²) in [6.45, 7) is 1.95. The van der Waals surface area contributed by atoms with Gasteiger partial charge < -0.3 is 9.88 Å². The van der Waals surface area contributed by atoms with Crippen LogP contribution in [0.4, 0.5) is 5.69 Å². The van der Waals surface area contributed by atoms with E-state index < -0.39 is 0 Å². The van der Waals surface area contributed by atoms with Gasteiger partial charge in [-0.25, -0.2) is 4.98 Å². The van der Waals surface area contributed by atoms with E-state index in [2.05, 4.69) is 20.5 Å². The predicted molar refractivity (Wildman–Crippen MR) is 109 cm³/mol. The van der Waals surface area contributed by atoms with Crippen molar-refractivity contribution in [2.24, 2.45) is 7.05 Å². The van der Waals surface area contributed by atoms with E-state index in [9.17, 15) is 4.79 Å². The number of rotatable bonds is 4. The Morgan fingerprint density at radius 3 is 2.85 bits per heavy atom. The van der Waals surface area contributed by atoms with E-state index in [1.54, 1.807) is 6.07 Å². The minimum absolute atomic E-state index is 0.168. The molecule has 8 heteroatoms. The molecule has 0 unspecified atom stereocenters. The second kappa shape index (κ2) is 7.17. The molecule has 0 aliphatic rings. The van der Waals surface area contributed by atoms with Gasteiger partial charge in [-0.1, -0.05) is 47.6 Å². The number of nitrogens with one attached hydrogen (secondary N) is 1. The van der Waals surface area contributed by atoms with Gasteiger partial charge in [0.15, 0.2) is 5.65 Å². The number of carbonyl (C=O) groups is 1. The normalized spacial score (nSPS) is 11.2. The highest BCUT2D eigenvalue weighted by Gasteiger charge is 2.13. The van der Waals surface area contributed by atoms with Crippen molar-refractivity contribution in [3.63, 3.8) is 0 Å². The predicted octanol–water partition coefficient (Wildman–Crippen LogP) is 4.21. The molecule has 6 nitrogen and oxygen atoms in total. The third kappa shape index (κ3) is 3.48. The Morgan fingerprint density at radius 2 is 2.04 bits per heavy atom. The number of aryl methyl sites for hydroxylation is 2. The molecule has 4 aromatic rings. The first-order valence-corrected chi connectivity index (χ1v) is 9.66. The highest BCUT2D eigenvalue weighted by atomic mass is 35.5. The van der Waals surface area contributed by atoms with Gasteiger partial charge in [-0.05, 0) is 30.7 Å². The standard InChI is InChI=1S/C19H16ClN5OS/c1-11-7-8-14(13(20)9-11)21-16(26)10-27-19-22-18-17(23-24-19)12-5-3-4-6-15(12)25(18)2/h3-9H,10H2,1-2H3,(H,21,26). The molecule has 4 rings (SSSR count). The van der Waals surface area contributed by atoms with Crippen molar-refractivity contribution >= 4 is 57.0 Å². The van der Waals surface area contributed by atoms with Gasteiger partial charge in [0.1, 0.15) is 5.52 Å². The van der Waals surface area contributed by atoms with E-state index in [0.29, 0.717) is 15.9 Å². The van der Waals surface area contributed by atoms with Crippen molar-refractivity contribution in [3.05, 3.63) is 53.1 Å². The Kier molecular flexibility index (Phi) is 4.72. The maximum atomic E-state index is 12.2. The number of halogens is 1. The number of amides is 1. The number of aromatic nitrogens is 4. The van der Waals surface area contributed by atoms with Crippen LogP contribution in [0.15, 0.2) is 47.6 Å². The van der Waals surface area contributed by atoms with E-state index in [1.807, 2.05) is 54.9 Å². The van der Waals surface area contributed by atoms with Gasteiger partial charge in [-0.15, -0.1) is 10.2 Å². The quantitative estimate of drug-likeness (QED) is 0.522. The zero-order chi connectivity index (χ0) is 19.0. The van der Waals surface area contributed by atoms with Crippen LogP contribution in [0.2, 0.25) is 5.02 Å². The van der Waals surface area contributed by atoms with E-state index in [1.165, 1.54) is 11.8 Å². The molecule has 0 saturated carbocycles. The molecule has 0 aliphatic carbocycles. The Hall–Kier alpha value is -2.64. The Labute approximate surface area is 164 Å². The maximum Gasteiger partial charge on any atom is 0.234 e. The van der Waals surface area contributed by atoms with Crippen LogP contribution >= 0.6 is 23.4 Å². The first kappa shape index (κ1) is 17.8. The van der Waals surface area contributed by atoms with Crippen molar-refractivity contribution in [2.45, 2.75) is 12.1 Å². The van der Waals surface area contributed by atoms with E-state index in [4.69, 9.17) is 11.6 Å². The van der Waals surface area contributed by atoms with Gasteiger partial charge in [0.05, 0.1) is 22.0 Å². The molecule has 0 spiro atoms. The number of hydrogen-bond donors (Lipinski definition) is 1. The topological polar surface area (TPSA) is 72.7 Å². The molecular weight excluding hydrogens is 382 g/mol. The van der Waals surface area contributed by atoms with Crippen molar-refractivity contribution in [1.82, 2.24) is 19.7 Å². The van der Waals surface area contributed by atoms with E-state index >= 15 is 0 Å². The van der Waals surface area contributed by atoms with Gasteiger partial charge in [0, 0.05) is 12.4 Å². The average molecular weight is 398 g/mol. The van der Waals surface area contributed by atoms with Crippen molar-refractivity contribution in [1.29, 1.82) is 0 Å². The summed E-state index contributed by atoms with van der Waals surface area (Å²) in [6, 6.07) is 13.5. The molecule has 0 saturated heterocycles. The number of fused-ring (bicyclic) bond motifs is 3. The largest absolute Gasteiger partial charge is 0.327 e. The summed E-state index contributed by atoms with van der Waals surface area (Å²) in [5.41, 5.74) is 4.18. The second-order valence-corrected chi connectivity index (χ2v) is 7.51. The van der Waals surface area contributed by atoms with Gasteiger partial charge >= 0.3 is 0 Å². The van der Waals surface area contributed by atoms with E-state index in [-0.39, 0.29) is 11.7 Å². The van der Waals surface area contributed by atoms with Crippen LogP contribution in [0.25, 0.3) is 22.1 Å². The second-order valence-electron chi connectivity index (χ2n) is 6.16. The number of anilines is 1. The van der Waals surface area contributed by atoms with Crippen LogP contribution < -0.4 is 5.32 Å².